The molecule has 1 aliphatic carbocycles. The highest BCUT2D eigenvalue weighted by Crippen LogP contribution is 2.31. The van der Waals surface area contributed by atoms with Crippen LogP contribution in [0.15, 0.2) is 0 Å². The van der Waals surface area contributed by atoms with Crippen LogP contribution in [0, 0.1) is 11.8 Å². The molecule has 0 aromatic carbocycles. The second-order valence-corrected chi connectivity index (χ2v) is 3.75. The zero-order valence-corrected chi connectivity index (χ0v) is 8.34. The van der Waals surface area contributed by atoms with Crippen molar-refractivity contribution >= 4 is 0 Å². The highest BCUT2D eigenvalue weighted by atomic mass is 14.9. The minimum Gasteiger partial charge on any atom is -0.328 e. The number of nitrogens with two attached hydrogens (primary N) is 1. The first kappa shape index (κ1) is 10.0. The van der Waals surface area contributed by atoms with E-state index in [1.54, 1.807) is 0 Å². The van der Waals surface area contributed by atoms with Crippen molar-refractivity contribution in [3.63, 3.8) is 0 Å². The zero-order valence-electron chi connectivity index (χ0n) is 8.34. The first-order valence-corrected chi connectivity index (χ1v) is 5.32. The Balaban J connectivity index is 0.000000336. The molecule has 0 aromatic heterocycles. The third-order valence-electron chi connectivity index (χ3n) is 2.99. The molecule has 1 saturated carbocycles. The second kappa shape index (κ2) is 4.83. The highest BCUT2D eigenvalue weighted by Gasteiger charge is 2.31. The van der Waals surface area contributed by atoms with Crippen molar-refractivity contribution in [1.29, 1.82) is 0 Å². The summed E-state index contributed by atoms with van der Waals surface area (Å²) in [5, 5.41) is 3.43. The Kier molecular flexibility index (Phi) is 4.02. The number of nitrogens with one attached hydrogen (secondary N) is 1. The predicted molar refractivity (Wildman–Crippen MR) is 53.0 cm³/mol. The van der Waals surface area contributed by atoms with Gasteiger partial charge in [0.05, 0.1) is 0 Å². The fourth-order valence-corrected chi connectivity index (χ4v) is 2.34. The maximum Gasteiger partial charge on any atom is 0.00421 e. The first-order chi connectivity index (χ1) is 5.86. The summed E-state index contributed by atoms with van der Waals surface area (Å²) in [6.45, 7) is 6.47. The van der Waals surface area contributed by atoms with Gasteiger partial charge in [-0.2, -0.15) is 0 Å². The van der Waals surface area contributed by atoms with Crippen LogP contribution in [0.25, 0.3) is 0 Å². The van der Waals surface area contributed by atoms with Gasteiger partial charge in [0.15, 0.2) is 0 Å². The molecule has 12 heavy (non-hydrogen) atoms. The summed E-state index contributed by atoms with van der Waals surface area (Å²) in [5.74, 6) is 1.86. The molecule has 1 aliphatic heterocycles. The summed E-state index contributed by atoms with van der Waals surface area (Å²) in [5.41, 5.74) is 5.86. The number of rotatable bonds is 0. The van der Waals surface area contributed by atoms with Crippen molar-refractivity contribution < 1.29 is 0 Å². The van der Waals surface area contributed by atoms with E-state index in [0.717, 1.165) is 11.8 Å². The number of hydrogen-bond donors (Lipinski definition) is 2. The van der Waals surface area contributed by atoms with Gasteiger partial charge >= 0.3 is 0 Å². The van der Waals surface area contributed by atoms with Crippen LogP contribution in [-0.2, 0) is 0 Å². The molecule has 2 nitrogen and oxygen atoms in total. The lowest BCUT2D eigenvalue weighted by molar-refractivity contribution is 0.271. The molecule has 0 spiro atoms. The fraction of sp³-hybridized carbons (Fsp3) is 1.00. The van der Waals surface area contributed by atoms with Gasteiger partial charge in [-0.3, -0.25) is 0 Å². The van der Waals surface area contributed by atoms with Gasteiger partial charge in [0, 0.05) is 6.04 Å². The molecule has 0 aromatic rings. The smallest absolute Gasteiger partial charge is 0.00421 e. The van der Waals surface area contributed by atoms with Gasteiger partial charge in [-0.1, -0.05) is 13.8 Å². The van der Waals surface area contributed by atoms with Gasteiger partial charge in [0.2, 0.25) is 0 Å². The molecule has 2 heteroatoms. The van der Waals surface area contributed by atoms with Crippen LogP contribution in [0.3, 0.4) is 0 Å². The minimum atomic E-state index is 0.501. The quantitative estimate of drug-likeness (QED) is 0.576. The highest BCUT2D eigenvalue weighted by molar-refractivity contribution is 4.88. The van der Waals surface area contributed by atoms with E-state index in [2.05, 4.69) is 5.32 Å². The molecule has 0 amide bonds. The maximum atomic E-state index is 5.86. The Labute approximate surface area is 75.9 Å². The van der Waals surface area contributed by atoms with Gasteiger partial charge in [-0.25, -0.2) is 0 Å². The van der Waals surface area contributed by atoms with Crippen LogP contribution in [-0.4, -0.2) is 19.1 Å². The lowest BCUT2D eigenvalue weighted by Crippen LogP contribution is -2.32. The molecule has 0 radical (unpaired) electrons. The fourth-order valence-electron chi connectivity index (χ4n) is 2.34. The summed E-state index contributed by atoms with van der Waals surface area (Å²) in [6.07, 6.45) is 3.87. The average molecular weight is 170 g/mol. The molecule has 72 valence electrons. The Morgan fingerprint density at radius 1 is 1.08 bits per heavy atom. The first-order valence-electron chi connectivity index (χ1n) is 5.32. The van der Waals surface area contributed by atoms with E-state index < -0.39 is 0 Å². The number of fused-ring (bicyclic) bond motifs is 1. The molecular formula is C10H22N2. The van der Waals surface area contributed by atoms with E-state index in [9.17, 15) is 0 Å². The number of hydrogen-bond acceptors (Lipinski definition) is 2. The van der Waals surface area contributed by atoms with Crippen LogP contribution in [0.4, 0.5) is 0 Å². The summed E-state index contributed by atoms with van der Waals surface area (Å²) in [6, 6.07) is 0.501. The van der Waals surface area contributed by atoms with E-state index in [-0.39, 0.29) is 0 Å². The molecule has 2 fully saturated rings. The van der Waals surface area contributed by atoms with Crippen molar-refractivity contribution in [2.24, 2.45) is 17.6 Å². The second-order valence-electron chi connectivity index (χ2n) is 3.75. The summed E-state index contributed by atoms with van der Waals surface area (Å²) in [7, 11) is 0. The normalized spacial score (nSPS) is 39.8. The van der Waals surface area contributed by atoms with E-state index in [1.807, 2.05) is 13.8 Å². The van der Waals surface area contributed by atoms with Gasteiger partial charge in [-0.05, 0) is 44.2 Å². The van der Waals surface area contributed by atoms with E-state index >= 15 is 0 Å². The largest absolute Gasteiger partial charge is 0.328 e. The van der Waals surface area contributed by atoms with Crippen LogP contribution in [0.1, 0.15) is 33.1 Å². The molecule has 1 heterocycles. The third-order valence-corrected chi connectivity index (χ3v) is 2.99. The monoisotopic (exact) mass is 170 g/mol. The third kappa shape index (κ3) is 2.20. The van der Waals surface area contributed by atoms with Gasteiger partial charge in [-0.15, -0.1) is 0 Å². The Morgan fingerprint density at radius 2 is 1.75 bits per heavy atom. The Bertz CT molecular complexity index is 125. The molecule has 1 saturated heterocycles. The Hall–Kier alpha value is -0.0800. The van der Waals surface area contributed by atoms with Gasteiger partial charge < -0.3 is 11.1 Å². The Morgan fingerprint density at radius 3 is 2.50 bits per heavy atom. The van der Waals surface area contributed by atoms with E-state index in [0.29, 0.717) is 6.04 Å². The standard InChI is InChI=1S/C8H16N2.C2H6/c9-8-2-1-6-4-10-5-7(6)3-8;1-2/h6-8,10H,1-5,9H2;1-2H3. The maximum absolute atomic E-state index is 5.86. The zero-order chi connectivity index (χ0) is 8.97. The van der Waals surface area contributed by atoms with E-state index in [4.69, 9.17) is 5.73 Å². The molecule has 0 bridgehead atoms. The van der Waals surface area contributed by atoms with Crippen molar-refractivity contribution in [3.8, 4) is 0 Å². The average Bonchev–Trinajstić information content (AvgIpc) is 2.54. The molecule has 2 rings (SSSR count). The molecular weight excluding hydrogens is 148 g/mol. The van der Waals surface area contributed by atoms with Crippen molar-refractivity contribution in [3.05, 3.63) is 0 Å². The van der Waals surface area contributed by atoms with Crippen LogP contribution in [0.2, 0.25) is 0 Å². The van der Waals surface area contributed by atoms with Crippen molar-refractivity contribution in [2.45, 2.75) is 39.2 Å². The van der Waals surface area contributed by atoms with Gasteiger partial charge in [0.1, 0.15) is 0 Å². The summed E-state index contributed by atoms with van der Waals surface area (Å²) in [4.78, 5) is 0. The topological polar surface area (TPSA) is 38.0 Å². The van der Waals surface area contributed by atoms with E-state index in [1.165, 1.54) is 32.4 Å². The van der Waals surface area contributed by atoms with Crippen LogP contribution >= 0.6 is 0 Å². The summed E-state index contributed by atoms with van der Waals surface area (Å²) < 4.78 is 0. The van der Waals surface area contributed by atoms with Gasteiger partial charge in [0.25, 0.3) is 0 Å². The van der Waals surface area contributed by atoms with Crippen molar-refractivity contribution in [1.82, 2.24) is 5.32 Å². The molecule has 3 N–H and O–H groups in total. The lowest BCUT2D eigenvalue weighted by Gasteiger charge is -2.28. The lowest BCUT2D eigenvalue weighted by atomic mass is 9.79. The predicted octanol–water partition coefficient (Wildman–Crippen LogP) is 1.36. The SMILES string of the molecule is CC.NC1CCC2CNCC2C1. The molecule has 2 aliphatic rings. The summed E-state index contributed by atoms with van der Waals surface area (Å²) >= 11 is 0. The molecule has 3 atom stereocenters. The minimum absolute atomic E-state index is 0.501. The van der Waals surface area contributed by atoms with Crippen LogP contribution < -0.4 is 11.1 Å². The molecule has 3 unspecified atom stereocenters. The van der Waals surface area contributed by atoms with Crippen LogP contribution in [0.5, 0.6) is 0 Å². The van der Waals surface area contributed by atoms with Crippen molar-refractivity contribution in [2.75, 3.05) is 13.1 Å².